The zero-order valence-corrected chi connectivity index (χ0v) is 21.0. The number of fused-ring (bicyclic) bond motifs is 1. The van der Waals surface area contributed by atoms with Crippen LogP contribution < -0.4 is 10.2 Å². The maximum absolute atomic E-state index is 14.0. The summed E-state index contributed by atoms with van der Waals surface area (Å²) in [5.74, 6) is -0.774. The number of aliphatic hydroxyl groups excluding tert-OH is 1. The summed E-state index contributed by atoms with van der Waals surface area (Å²) >= 11 is 0. The zero-order chi connectivity index (χ0) is 25.8. The highest BCUT2D eigenvalue weighted by molar-refractivity contribution is 6.20. The molecule has 1 aromatic heterocycles. The third-order valence-corrected chi connectivity index (χ3v) is 7.10. The molecule has 190 valence electrons. The summed E-state index contributed by atoms with van der Waals surface area (Å²) in [6, 6.07) is 21.1. The van der Waals surface area contributed by atoms with E-state index in [0.717, 1.165) is 35.2 Å². The van der Waals surface area contributed by atoms with E-state index in [4.69, 9.17) is 4.99 Å². The number of hydrogen-bond donors (Lipinski definition) is 2. The van der Waals surface area contributed by atoms with Gasteiger partial charge in [0.05, 0.1) is 30.0 Å². The Morgan fingerprint density at radius 1 is 1.08 bits per heavy atom. The third kappa shape index (κ3) is 5.62. The highest BCUT2D eigenvalue weighted by Gasteiger charge is 2.37. The molecule has 0 bridgehead atoms. The monoisotopic (exact) mass is 496 g/mol. The van der Waals surface area contributed by atoms with Crippen LogP contribution in [0.2, 0.25) is 0 Å². The van der Waals surface area contributed by atoms with Crippen molar-refractivity contribution >= 4 is 23.2 Å². The largest absolute Gasteiger partial charge is 0.392 e. The fraction of sp³-hybridized carbons (Fsp3) is 0.333. The summed E-state index contributed by atoms with van der Waals surface area (Å²) in [5.41, 5.74) is 3.89. The Balaban J connectivity index is 1.55. The molecular formula is C30H32N4O3. The molecule has 1 saturated carbocycles. The minimum absolute atomic E-state index is 0.288. The van der Waals surface area contributed by atoms with E-state index < -0.39 is 18.2 Å². The third-order valence-electron chi connectivity index (χ3n) is 7.10. The van der Waals surface area contributed by atoms with E-state index in [0.29, 0.717) is 24.5 Å². The molecule has 2 aromatic carbocycles. The summed E-state index contributed by atoms with van der Waals surface area (Å²) < 4.78 is 0. The number of nitrogens with one attached hydrogen (secondary N) is 1. The number of rotatable bonds is 9. The lowest BCUT2D eigenvalue weighted by molar-refractivity contribution is -0.133. The van der Waals surface area contributed by atoms with E-state index in [-0.39, 0.29) is 18.4 Å². The molecular weight excluding hydrogens is 464 g/mol. The maximum Gasteiger partial charge on any atom is 0.272 e. The molecule has 3 unspecified atom stereocenters. The van der Waals surface area contributed by atoms with Crippen molar-refractivity contribution in [3.63, 3.8) is 0 Å². The first-order chi connectivity index (χ1) is 18.0. The molecule has 7 heteroatoms. The Morgan fingerprint density at radius 2 is 1.84 bits per heavy atom. The summed E-state index contributed by atoms with van der Waals surface area (Å²) in [5, 5.41) is 13.5. The number of carbonyl (C=O) groups is 2. The summed E-state index contributed by atoms with van der Waals surface area (Å²) in [4.78, 5) is 38.3. The quantitative estimate of drug-likeness (QED) is 0.466. The SMILES string of the molecule is CCC(O)C(CC1CC1)C(=O)NC1N=C(c2ccccc2)c2ccccc2N(Cc2cccnc2)C1=O. The van der Waals surface area contributed by atoms with E-state index in [2.05, 4.69) is 10.3 Å². The number of carbonyl (C=O) groups excluding carboxylic acids is 2. The molecule has 0 radical (unpaired) electrons. The molecule has 1 aliphatic heterocycles. The van der Waals surface area contributed by atoms with Gasteiger partial charge in [-0.2, -0.15) is 0 Å². The van der Waals surface area contributed by atoms with Gasteiger partial charge in [-0.15, -0.1) is 0 Å². The molecule has 2 heterocycles. The number of para-hydroxylation sites is 1. The predicted molar refractivity (Wildman–Crippen MR) is 143 cm³/mol. The number of benzene rings is 2. The normalized spacial score (nSPS) is 18.9. The second-order valence-corrected chi connectivity index (χ2v) is 9.82. The number of aromatic nitrogens is 1. The fourth-order valence-corrected chi connectivity index (χ4v) is 4.86. The summed E-state index contributed by atoms with van der Waals surface area (Å²) in [7, 11) is 0. The topological polar surface area (TPSA) is 94.9 Å². The smallest absolute Gasteiger partial charge is 0.272 e. The van der Waals surface area contributed by atoms with Gasteiger partial charge < -0.3 is 15.3 Å². The van der Waals surface area contributed by atoms with Crippen LogP contribution in [0.25, 0.3) is 0 Å². The minimum Gasteiger partial charge on any atom is -0.392 e. The van der Waals surface area contributed by atoms with Gasteiger partial charge in [0.1, 0.15) is 0 Å². The highest BCUT2D eigenvalue weighted by Crippen LogP contribution is 2.37. The van der Waals surface area contributed by atoms with Gasteiger partial charge in [0.25, 0.3) is 5.91 Å². The zero-order valence-electron chi connectivity index (χ0n) is 21.0. The van der Waals surface area contributed by atoms with Crippen LogP contribution in [-0.4, -0.2) is 39.9 Å². The van der Waals surface area contributed by atoms with Gasteiger partial charge in [0.15, 0.2) is 0 Å². The summed E-state index contributed by atoms with van der Waals surface area (Å²) in [6.07, 6.45) is 4.79. The summed E-state index contributed by atoms with van der Waals surface area (Å²) in [6.45, 7) is 2.16. The van der Waals surface area contributed by atoms with Gasteiger partial charge in [0, 0.05) is 23.5 Å². The van der Waals surface area contributed by atoms with Gasteiger partial charge >= 0.3 is 0 Å². The number of aliphatic hydroxyl groups is 1. The Morgan fingerprint density at radius 3 is 2.54 bits per heavy atom. The lowest BCUT2D eigenvalue weighted by Crippen LogP contribution is -2.50. The molecule has 2 amide bonds. The molecule has 7 nitrogen and oxygen atoms in total. The number of nitrogens with zero attached hydrogens (tertiary/aromatic N) is 3. The highest BCUT2D eigenvalue weighted by atomic mass is 16.3. The van der Waals surface area contributed by atoms with E-state index in [1.165, 1.54) is 0 Å². The molecule has 0 spiro atoms. The molecule has 37 heavy (non-hydrogen) atoms. The number of aliphatic imine (C=N–C) groups is 1. The van der Waals surface area contributed by atoms with Crippen molar-refractivity contribution < 1.29 is 14.7 Å². The van der Waals surface area contributed by atoms with E-state index in [9.17, 15) is 14.7 Å². The van der Waals surface area contributed by atoms with Crippen LogP contribution in [0, 0.1) is 11.8 Å². The molecule has 2 aliphatic rings. The van der Waals surface area contributed by atoms with Crippen molar-refractivity contribution in [1.82, 2.24) is 10.3 Å². The Kier molecular flexibility index (Phi) is 7.42. The molecule has 1 fully saturated rings. The van der Waals surface area contributed by atoms with Crippen LogP contribution in [0.4, 0.5) is 5.69 Å². The van der Waals surface area contributed by atoms with Crippen molar-refractivity contribution in [2.24, 2.45) is 16.8 Å². The lowest BCUT2D eigenvalue weighted by Gasteiger charge is -2.27. The molecule has 2 N–H and O–H groups in total. The minimum atomic E-state index is -1.13. The molecule has 3 aromatic rings. The average molecular weight is 497 g/mol. The fourth-order valence-electron chi connectivity index (χ4n) is 4.86. The predicted octanol–water partition coefficient (Wildman–Crippen LogP) is 4.10. The Labute approximate surface area is 217 Å². The molecule has 0 saturated heterocycles. The van der Waals surface area contributed by atoms with E-state index in [1.54, 1.807) is 17.3 Å². The number of benzodiazepines with no additional fused rings is 1. The van der Waals surface area contributed by atoms with Gasteiger partial charge in [0.2, 0.25) is 12.1 Å². The van der Waals surface area contributed by atoms with Gasteiger partial charge in [-0.25, -0.2) is 4.99 Å². The average Bonchev–Trinajstić information content (AvgIpc) is 3.78. The van der Waals surface area contributed by atoms with Crippen molar-refractivity contribution in [3.05, 3.63) is 95.8 Å². The first-order valence-electron chi connectivity index (χ1n) is 13.0. The lowest BCUT2D eigenvalue weighted by atomic mass is 9.93. The van der Waals surface area contributed by atoms with Crippen LogP contribution in [0.1, 0.15) is 49.3 Å². The van der Waals surface area contributed by atoms with Crippen LogP contribution >= 0.6 is 0 Å². The number of anilines is 1. The van der Waals surface area contributed by atoms with Crippen LogP contribution in [-0.2, 0) is 16.1 Å². The maximum atomic E-state index is 14.0. The van der Waals surface area contributed by atoms with Gasteiger partial charge in [-0.1, -0.05) is 74.4 Å². The first kappa shape index (κ1) is 24.8. The molecule has 3 atom stereocenters. The standard InChI is InChI=1S/C30H32N4O3/c1-2-26(35)24(17-20-14-15-20)29(36)33-28-30(37)34(19-21-9-8-16-31-18-21)25-13-7-6-12-23(25)27(32-28)22-10-4-3-5-11-22/h3-13,16,18,20,24,26,28,35H,2,14-15,17,19H2,1H3,(H,33,36). The van der Waals surface area contributed by atoms with Crippen molar-refractivity contribution in [1.29, 1.82) is 0 Å². The van der Waals surface area contributed by atoms with Crippen LogP contribution in [0.5, 0.6) is 0 Å². The van der Waals surface area contributed by atoms with Crippen LogP contribution in [0.3, 0.4) is 0 Å². The molecule has 5 rings (SSSR count). The van der Waals surface area contributed by atoms with Crippen LogP contribution in [0.15, 0.2) is 84.1 Å². The van der Waals surface area contributed by atoms with E-state index >= 15 is 0 Å². The molecule has 1 aliphatic carbocycles. The first-order valence-corrected chi connectivity index (χ1v) is 13.0. The van der Waals surface area contributed by atoms with E-state index in [1.807, 2.05) is 73.7 Å². The number of pyridine rings is 1. The van der Waals surface area contributed by atoms with Crippen molar-refractivity contribution in [2.45, 2.75) is 51.4 Å². The van der Waals surface area contributed by atoms with Crippen molar-refractivity contribution in [2.75, 3.05) is 4.90 Å². The second kappa shape index (κ2) is 11.0. The van der Waals surface area contributed by atoms with Crippen molar-refractivity contribution in [3.8, 4) is 0 Å². The Bertz CT molecular complexity index is 1270. The number of amides is 2. The Hall–Kier alpha value is -3.84. The second-order valence-electron chi connectivity index (χ2n) is 9.82. The van der Waals surface area contributed by atoms with Gasteiger partial charge in [-0.05, 0) is 36.5 Å². The van der Waals surface area contributed by atoms with Gasteiger partial charge in [-0.3, -0.25) is 14.6 Å². The number of hydrogen-bond acceptors (Lipinski definition) is 5.